The molecule has 1 aliphatic rings. The first kappa shape index (κ1) is 22.5. The van der Waals surface area contributed by atoms with Crippen LogP contribution in [0.3, 0.4) is 0 Å². The van der Waals surface area contributed by atoms with E-state index in [0.717, 1.165) is 48.0 Å². The van der Waals surface area contributed by atoms with Gasteiger partial charge in [0.05, 0.1) is 5.52 Å². The summed E-state index contributed by atoms with van der Waals surface area (Å²) in [5.74, 6) is -0.308. The average Bonchev–Trinajstić information content (AvgIpc) is 3.05. The average molecular weight is 466 g/mol. The molecule has 1 aliphatic heterocycles. The van der Waals surface area contributed by atoms with Crippen molar-refractivity contribution in [1.82, 2.24) is 9.58 Å². The zero-order chi connectivity index (χ0) is 22.7. The number of carbonyl (C=O) groups is 1. The van der Waals surface area contributed by atoms with E-state index in [0.29, 0.717) is 24.5 Å². The van der Waals surface area contributed by atoms with E-state index in [1.807, 2.05) is 24.3 Å². The van der Waals surface area contributed by atoms with Gasteiger partial charge in [0.1, 0.15) is 10.9 Å². The van der Waals surface area contributed by atoms with Crippen LogP contribution < -0.4 is 10.2 Å². The lowest BCUT2D eigenvalue weighted by molar-refractivity contribution is -0.274. The van der Waals surface area contributed by atoms with Crippen LogP contribution in [-0.4, -0.2) is 34.9 Å². The first-order valence-corrected chi connectivity index (χ1v) is 10.8. The minimum atomic E-state index is -4.69. The van der Waals surface area contributed by atoms with Gasteiger partial charge in [-0.3, -0.25) is 15.1 Å². The zero-order valence-corrected chi connectivity index (χ0v) is 18.0. The van der Waals surface area contributed by atoms with Crippen molar-refractivity contribution in [3.05, 3.63) is 64.8 Å². The molecule has 0 saturated carbocycles. The number of fused-ring (bicyclic) bond motifs is 2. The molecule has 0 atom stereocenters. The van der Waals surface area contributed by atoms with Gasteiger partial charge in [-0.05, 0) is 61.2 Å². The molecular formula is C23H23ClF3N3O2. The molecule has 0 unspecified atom stereocenters. The molecule has 4 rings (SSSR count). The monoisotopic (exact) mass is 465 g/mol. The number of halogens is 4. The molecule has 9 heteroatoms. The maximum absolute atomic E-state index is 12.5. The van der Waals surface area contributed by atoms with E-state index in [9.17, 15) is 18.0 Å². The summed E-state index contributed by atoms with van der Waals surface area (Å²) in [6.07, 6.45) is -2.05. The molecule has 0 radical (unpaired) electrons. The SMILES string of the molecule is O=C(CCCCN1CCc2ccc(OC(F)(F)F)cc2C1)Nn1c(Cl)cc2ccccc21. The van der Waals surface area contributed by atoms with E-state index in [1.54, 1.807) is 16.8 Å². The highest BCUT2D eigenvalue weighted by atomic mass is 35.5. The Morgan fingerprint density at radius 3 is 2.72 bits per heavy atom. The summed E-state index contributed by atoms with van der Waals surface area (Å²) in [6.45, 7) is 2.18. The number of aromatic nitrogens is 1. The molecule has 3 aromatic rings. The van der Waals surface area contributed by atoms with E-state index in [-0.39, 0.29) is 11.7 Å². The van der Waals surface area contributed by atoms with Crippen molar-refractivity contribution in [3.63, 3.8) is 0 Å². The molecule has 1 N–H and O–H groups in total. The van der Waals surface area contributed by atoms with E-state index < -0.39 is 6.36 Å². The van der Waals surface area contributed by atoms with Gasteiger partial charge in [-0.15, -0.1) is 13.2 Å². The first-order chi connectivity index (χ1) is 15.3. The summed E-state index contributed by atoms with van der Waals surface area (Å²) in [5.41, 5.74) is 5.57. The number of rotatable bonds is 7. The smallest absolute Gasteiger partial charge is 0.406 e. The number of benzene rings is 2. The van der Waals surface area contributed by atoms with Crippen LogP contribution in [-0.2, 0) is 17.8 Å². The molecule has 0 saturated heterocycles. The summed E-state index contributed by atoms with van der Waals surface area (Å²) >= 11 is 6.23. The van der Waals surface area contributed by atoms with Gasteiger partial charge in [-0.2, -0.15) is 0 Å². The highest BCUT2D eigenvalue weighted by molar-refractivity contribution is 6.31. The second kappa shape index (κ2) is 9.42. The molecule has 0 aliphatic carbocycles. The number of nitrogens with one attached hydrogen (secondary N) is 1. The summed E-state index contributed by atoms with van der Waals surface area (Å²) < 4.78 is 43.0. The minimum Gasteiger partial charge on any atom is -0.406 e. The lowest BCUT2D eigenvalue weighted by Gasteiger charge is -2.29. The van der Waals surface area contributed by atoms with E-state index >= 15 is 0 Å². The van der Waals surface area contributed by atoms with Gasteiger partial charge in [0, 0.05) is 24.9 Å². The van der Waals surface area contributed by atoms with E-state index in [2.05, 4.69) is 15.1 Å². The second-order valence-corrected chi connectivity index (χ2v) is 8.25. The van der Waals surface area contributed by atoms with Crippen LogP contribution in [0.2, 0.25) is 5.15 Å². The Morgan fingerprint density at radius 1 is 1.09 bits per heavy atom. The number of ether oxygens (including phenoxy) is 1. The van der Waals surface area contributed by atoms with Gasteiger partial charge in [-0.1, -0.05) is 35.9 Å². The van der Waals surface area contributed by atoms with Crippen LogP contribution in [0.5, 0.6) is 5.75 Å². The fraction of sp³-hybridized carbons (Fsp3) is 0.348. The van der Waals surface area contributed by atoms with Crippen molar-refractivity contribution in [3.8, 4) is 5.75 Å². The topological polar surface area (TPSA) is 46.5 Å². The number of para-hydroxylation sites is 1. The van der Waals surface area contributed by atoms with Crippen LogP contribution in [0.25, 0.3) is 10.9 Å². The van der Waals surface area contributed by atoms with Crippen molar-refractivity contribution in [2.75, 3.05) is 18.5 Å². The molecular weight excluding hydrogens is 443 g/mol. The Balaban J connectivity index is 1.24. The van der Waals surface area contributed by atoms with Crippen LogP contribution in [0, 0.1) is 0 Å². The predicted octanol–water partition coefficient (Wildman–Crippen LogP) is 5.49. The number of carbonyl (C=O) groups excluding carboxylic acids is 1. The van der Waals surface area contributed by atoms with Crippen LogP contribution in [0.15, 0.2) is 48.5 Å². The molecule has 32 heavy (non-hydrogen) atoms. The van der Waals surface area contributed by atoms with Crippen molar-refractivity contribution in [2.45, 2.75) is 38.6 Å². The van der Waals surface area contributed by atoms with Crippen LogP contribution >= 0.6 is 11.6 Å². The van der Waals surface area contributed by atoms with Crippen molar-refractivity contribution in [2.24, 2.45) is 0 Å². The summed E-state index contributed by atoms with van der Waals surface area (Å²) in [5, 5.41) is 1.40. The van der Waals surface area contributed by atoms with Crippen molar-refractivity contribution < 1.29 is 22.7 Å². The molecule has 0 spiro atoms. The second-order valence-electron chi connectivity index (χ2n) is 7.86. The van der Waals surface area contributed by atoms with E-state index in [4.69, 9.17) is 11.6 Å². The van der Waals surface area contributed by atoms with Gasteiger partial charge in [-0.25, -0.2) is 4.68 Å². The maximum atomic E-state index is 12.5. The maximum Gasteiger partial charge on any atom is 0.573 e. The molecule has 1 amide bonds. The highest BCUT2D eigenvalue weighted by Gasteiger charge is 2.31. The third-order valence-electron chi connectivity index (χ3n) is 5.53. The number of alkyl halides is 3. The number of hydrogen-bond acceptors (Lipinski definition) is 3. The fourth-order valence-electron chi connectivity index (χ4n) is 4.02. The standard InChI is InChI=1S/C23H23ClF3N3O2/c24-21-14-17-5-1-2-6-20(17)30(21)28-22(31)7-3-4-11-29-12-10-16-8-9-19(13-18(16)15-29)32-23(25,26)27/h1-2,5-6,8-9,13-14H,3-4,7,10-12,15H2,(H,28,31). The number of amides is 1. The number of nitrogens with zero attached hydrogens (tertiary/aromatic N) is 2. The van der Waals surface area contributed by atoms with Crippen LogP contribution in [0.4, 0.5) is 13.2 Å². The molecule has 170 valence electrons. The Kier molecular flexibility index (Phi) is 6.62. The largest absolute Gasteiger partial charge is 0.573 e. The highest BCUT2D eigenvalue weighted by Crippen LogP contribution is 2.28. The zero-order valence-electron chi connectivity index (χ0n) is 17.3. The Hall–Kier alpha value is -2.71. The Morgan fingerprint density at radius 2 is 1.91 bits per heavy atom. The summed E-state index contributed by atoms with van der Waals surface area (Å²) in [7, 11) is 0. The van der Waals surface area contributed by atoms with Gasteiger partial charge >= 0.3 is 6.36 Å². The van der Waals surface area contributed by atoms with Gasteiger partial charge in [0.25, 0.3) is 0 Å². The molecule has 0 bridgehead atoms. The quantitative estimate of drug-likeness (QED) is 0.469. The van der Waals surface area contributed by atoms with Gasteiger partial charge in [0.15, 0.2) is 0 Å². The van der Waals surface area contributed by atoms with Gasteiger partial charge in [0.2, 0.25) is 5.91 Å². The van der Waals surface area contributed by atoms with Gasteiger partial charge < -0.3 is 4.74 Å². The summed E-state index contributed by atoms with van der Waals surface area (Å²) in [4.78, 5) is 14.6. The number of unbranched alkanes of at least 4 members (excludes halogenated alkanes) is 1. The Labute approximate surface area is 188 Å². The fourth-order valence-corrected chi connectivity index (χ4v) is 4.27. The lowest BCUT2D eigenvalue weighted by Crippen LogP contribution is -2.31. The van der Waals surface area contributed by atoms with Crippen molar-refractivity contribution in [1.29, 1.82) is 0 Å². The molecule has 1 aromatic heterocycles. The Bertz CT molecular complexity index is 1110. The minimum absolute atomic E-state index is 0.119. The first-order valence-electron chi connectivity index (χ1n) is 10.4. The van der Waals surface area contributed by atoms with Crippen molar-refractivity contribution >= 4 is 28.4 Å². The lowest BCUT2D eigenvalue weighted by atomic mass is 9.99. The molecule has 2 aromatic carbocycles. The summed E-state index contributed by atoms with van der Waals surface area (Å²) in [6, 6.07) is 13.9. The third-order valence-corrected chi connectivity index (χ3v) is 5.81. The van der Waals surface area contributed by atoms with Crippen LogP contribution in [0.1, 0.15) is 30.4 Å². The molecule has 0 fully saturated rings. The number of hydrogen-bond donors (Lipinski definition) is 1. The normalized spacial score (nSPS) is 14.4. The third kappa shape index (κ3) is 5.55. The predicted molar refractivity (Wildman–Crippen MR) is 117 cm³/mol. The molecule has 2 heterocycles. The molecule has 5 nitrogen and oxygen atoms in total. The van der Waals surface area contributed by atoms with E-state index in [1.165, 1.54) is 12.1 Å².